The van der Waals surface area contributed by atoms with Crippen molar-refractivity contribution in [2.75, 3.05) is 28.6 Å². The molecule has 0 saturated carbocycles. The quantitative estimate of drug-likeness (QED) is 0.860. The number of sulfonamides is 1. The zero-order valence-corrected chi connectivity index (χ0v) is 13.6. The van der Waals surface area contributed by atoms with Crippen LogP contribution in [0, 0.1) is 5.92 Å². The van der Waals surface area contributed by atoms with Gasteiger partial charge >= 0.3 is 0 Å². The fourth-order valence-corrected chi connectivity index (χ4v) is 3.55. The summed E-state index contributed by atoms with van der Waals surface area (Å²) in [5.74, 6) is 0.326. The van der Waals surface area contributed by atoms with Gasteiger partial charge in [0.05, 0.1) is 17.6 Å². The highest BCUT2D eigenvalue weighted by Crippen LogP contribution is 2.34. The molecule has 0 spiro atoms. The molecule has 116 valence electrons. The average Bonchev–Trinajstić information content (AvgIpc) is 2.56. The van der Waals surface area contributed by atoms with Gasteiger partial charge in [-0.3, -0.25) is 9.10 Å². The van der Waals surface area contributed by atoms with Crippen molar-refractivity contribution in [2.45, 2.75) is 26.7 Å². The summed E-state index contributed by atoms with van der Waals surface area (Å²) >= 11 is 0. The standard InChI is InChI=1S/C15H22N2O3S/c1-12(2)11-15(18)16-9-6-10-17(21(3,19)20)14-8-5-4-7-13(14)16/h4-5,7-8,12H,6,9-11H2,1-3H3. The maximum atomic E-state index is 12.4. The first-order valence-corrected chi connectivity index (χ1v) is 9.02. The molecule has 5 nitrogen and oxygen atoms in total. The van der Waals surface area contributed by atoms with Crippen LogP contribution in [0.2, 0.25) is 0 Å². The SMILES string of the molecule is CC(C)CC(=O)N1CCCN(S(C)(=O)=O)c2ccccc21. The minimum absolute atomic E-state index is 0.0489. The maximum Gasteiger partial charge on any atom is 0.232 e. The van der Waals surface area contributed by atoms with Crippen LogP contribution >= 0.6 is 0 Å². The topological polar surface area (TPSA) is 57.7 Å². The Labute approximate surface area is 126 Å². The van der Waals surface area contributed by atoms with Crippen molar-refractivity contribution in [1.82, 2.24) is 0 Å². The molecule has 0 bridgehead atoms. The van der Waals surface area contributed by atoms with Crippen molar-refractivity contribution in [3.8, 4) is 0 Å². The molecule has 0 saturated heterocycles. The molecule has 0 radical (unpaired) electrons. The number of benzene rings is 1. The van der Waals surface area contributed by atoms with Gasteiger partial charge in [-0.2, -0.15) is 0 Å². The molecule has 1 aromatic rings. The van der Waals surface area contributed by atoms with Crippen molar-refractivity contribution in [3.63, 3.8) is 0 Å². The zero-order valence-electron chi connectivity index (χ0n) is 12.7. The summed E-state index contributed by atoms with van der Waals surface area (Å²) in [6.45, 7) is 4.96. The Bertz CT molecular complexity index is 626. The summed E-state index contributed by atoms with van der Waals surface area (Å²) in [5.41, 5.74) is 1.28. The van der Waals surface area contributed by atoms with Crippen molar-refractivity contribution in [2.24, 2.45) is 5.92 Å². The molecule has 1 heterocycles. The summed E-state index contributed by atoms with van der Waals surface area (Å²) in [4.78, 5) is 14.2. The van der Waals surface area contributed by atoms with Gasteiger partial charge < -0.3 is 4.90 Å². The van der Waals surface area contributed by atoms with Crippen LogP contribution in [-0.2, 0) is 14.8 Å². The molecule has 0 atom stereocenters. The third kappa shape index (κ3) is 3.56. The molecule has 1 aliphatic heterocycles. The Hall–Kier alpha value is -1.56. The second kappa shape index (κ2) is 6.05. The van der Waals surface area contributed by atoms with E-state index >= 15 is 0 Å². The van der Waals surface area contributed by atoms with E-state index < -0.39 is 10.0 Å². The van der Waals surface area contributed by atoms with Gasteiger partial charge in [0.1, 0.15) is 0 Å². The molecule has 0 N–H and O–H groups in total. The highest BCUT2D eigenvalue weighted by atomic mass is 32.2. The Morgan fingerprint density at radius 2 is 1.81 bits per heavy atom. The summed E-state index contributed by atoms with van der Waals surface area (Å²) in [7, 11) is -3.34. The van der Waals surface area contributed by atoms with Crippen LogP contribution in [0.4, 0.5) is 11.4 Å². The fourth-order valence-electron chi connectivity index (χ4n) is 2.58. The first kappa shape index (κ1) is 15.8. The van der Waals surface area contributed by atoms with E-state index in [4.69, 9.17) is 0 Å². The van der Waals surface area contributed by atoms with Gasteiger partial charge in [-0.05, 0) is 24.5 Å². The lowest BCUT2D eigenvalue weighted by molar-refractivity contribution is -0.119. The highest BCUT2D eigenvalue weighted by Gasteiger charge is 2.28. The van der Waals surface area contributed by atoms with Crippen molar-refractivity contribution < 1.29 is 13.2 Å². The molecule has 0 aromatic heterocycles. The zero-order chi connectivity index (χ0) is 15.6. The third-order valence-electron chi connectivity index (χ3n) is 3.47. The minimum atomic E-state index is -3.34. The van der Waals surface area contributed by atoms with Crippen LogP contribution < -0.4 is 9.21 Å². The predicted octanol–water partition coefficient (Wildman–Crippen LogP) is 2.24. The largest absolute Gasteiger partial charge is 0.310 e. The van der Waals surface area contributed by atoms with E-state index in [0.29, 0.717) is 37.3 Å². The number of para-hydroxylation sites is 2. The Morgan fingerprint density at radius 1 is 1.19 bits per heavy atom. The molecule has 1 amide bonds. The van der Waals surface area contributed by atoms with Gasteiger partial charge in [0, 0.05) is 19.5 Å². The van der Waals surface area contributed by atoms with E-state index in [1.165, 1.54) is 10.6 Å². The molecule has 1 aromatic carbocycles. The first-order valence-electron chi connectivity index (χ1n) is 7.18. The van der Waals surface area contributed by atoms with E-state index in [2.05, 4.69) is 0 Å². The molecule has 0 aliphatic carbocycles. The summed E-state index contributed by atoms with van der Waals surface area (Å²) in [5, 5.41) is 0. The third-order valence-corrected chi connectivity index (χ3v) is 4.65. The normalized spacial score (nSPS) is 15.8. The smallest absolute Gasteiger partial charge is 0.232 e. The van der Waals surface area contributed by atoms with Crippen molar-refractivity contribution >= 4 is 27.3 Å². The van der Waals surface area contributed by atoms with E-state index in [1.54, 1.807) is 17.0 Å². The minimum Gasteiger partial charge on any atom is -0.310 e. The predicted molar refractivity (Wildman–Crippen MR) is 85.1 cm³/mol. The molecule has 0 unspecified atom stereocenters. The second-order valence-electron chi connectivity index (χ2n) is 5.82. The van der Waals surface area contributed by atoms with Gasteiger partial charge in [0.15, 0.2) is 0 Å². The average molecular weight is 310 g/mol. The number of amides is 1. The fraction of sp³-hybridized carbons (Fsp3) is 0.533. The molecular formula is C15H22N2O3S. The lowest BCUT2D eigenvalue weighted by Gasteiger charge is -2.25. The lowest BCUT2D eigenvalue weighted by atomic mass is 10.1. The number of fused-ring (bicyclic) bond motifs is 1. The van der Waals surface area contributed by atoms with Crippen LogP contribution in [-0.4, -0.2) is 33.7 Å². The molecule has 2 rings (SSSR count). The lowest BCUT2D eigenvalue weighted by Crippen LogP contribution is -2.32. The second-order valence-corrected chi connectivity index (χ2v) is 7.73. The number of hydrogen-bond acceptors (Lipinski definition) is 3. The van der Waals surface area contributed by atoms with Gasteiger partial charge in [-0.1, -0.05) is 26.0 Å². The maximum absolute atomic E-state index is 12.4. The number of nitrogens with zero attached hydrogens (tertiary/aromatic N) is 2. The molecule has 1 aliphatic rings. The molecule has 0 fully saturated rings. The summed E-state index contributed by atoms with van der Waals surface area (Å²) < 4.78 is 25.4. The Kier molecular flexibility index (Phi) is 4.56. The number of carbonyl (C=O) groups is 1. The van der Waals surface area contributed by atoms with E-state index in [-0.39, 0.29) is 11.8 Å². The monoisotopic (exact) mass is 310 g/mol. The number of rotatable bonds is 3. The molecular weight excluding hydrogens is 288 g/mol. The van der Waals surface area contributed by atoms with Crippen LogP contribution in [0.25, 0.3) is 0 Å². The van der Waals surface area contributed by atoms with E-state index in [0.717, 1.165) is 0 Å². The Morgan fingerprint density at radius 3 is 2.38 bits per heavy atom. The van der Waals surface area contributed by atoms with Crippen LogP contribution in [0.1, 0.15) is 26.7 Å². The van der Waals surface area contributed by atoms with Gasteiger partial charge in [-0.15, -0.1) is 0 Å². The summed E-state index contributed by atoms with van der Waals surface area (Å²) in [6, 6.07) is 7.21. The van der Waals surface area contributed by atoms with Crippen molar-refractivity contribution in [1.29, 1.82) is 0 Å². The Balaban J connectivity index is 2.45. The van der Waals surface area contributed by atoms with Crippen molar-refractivity contribution in [3.05, 3.63) is 24.3 Å². The van der Waals surface area contributed by atoms with Crippen LogP contribution in [0.5, 0.6) is 0 Å². The molecule has 21 heavy (non-hydrogen) atoms. The van der Waals surface area contributed by atoms with E-state index in [9.17, 15) is 13.2 Å². The summed E-state index contributed by atoms with van der Waals surface area (Å²) in [6.07, 6.45) is 2.30. The highest BCUT2D eigenvalue weighted by molar-refractivity contribution is 7.92. The van der Waals surface area contributed by atoms with Crippen LogP contribution in [0.15, 0.2) is 24.3 Å². The van der Waals surface area contributed by atoms with E-state index in [1.807, 2.05) is 26.0 Å². The number of carbonyl (C=O) groups excluding carboxylic acids is 1. The number of hydrogen-bond donors (Lipinski definition) is 0. The van der Waals surface area contributed by atoms with Gasteiger partial charge in [0.25, 0.3) is 0 Å². The number of anilines is 2. The van der Waals surface area contributed by atoms with Crippen LogP contribution in [0.3, 0.4) is 0 Å². The van der Waals surface area contributed by atoms with Gasteiger partial charge in [0.2, 0.25) is 15.9 Å². The van der Waals surface area contributed by atoms with Gasteiger partial charge in [-0.25, -0.2) is 8.42 Å². The molecule has 6 heteroatoms. The first-order chi connectivity index (χ1) is 9.80.